The highest BCUT2D eigenvalue weighted by molar-refractivity contribution is 6.30. The Bertz CT molecular complexity index is 1530. The second-order valence-corrected chi connectivity index (χ2v) is 8.68. The van der Waals surface area contributed by atoms with Crippen LogP contribution in [0, 0.1) is 0 Å². The fourth-order valence-electron chi connectivity index (χ4n) is 3.75. The van der Waals surface area contributed by atoms with E-state index in [1.165, 1.54) is 0 Å². The van der Waals surface area contributed by atoms with Crippen molar-refractivity contribution in [1.82, 2.24) is 29.5 Å². The van der Waals surface area contributed by atoms with Crippen molar-refractivity contribution in [2.75, 3.05) is 5.32 Å². The quantitative estimate of drug-likeness (QED) is 0.361. The van der Waals surface area contributed by atoms with E-state index in [1.807, 2.05) is 24.3 Å². The Kier molecular flexibility index (Phi) is 4.12. The van der Waals surface area contributed by atoms with Gasteiger partial charge in [-0.1, -0.05) is 23.7 Å². The average molecular weight is 451 g/mol. The summed E-state index contributed by atoms with van der Waals surface area (Å²) in [6.45, 7) is 0. The van der Waals surface area contributed by atoms with E-state index in [1.54, 1.807) is 16.8 Å². The molecule has 2 saturated carbocycles. The first-order valence-corrected chi connectivity index (χ1v) is 10.7. The standard InChI is InChI=1S/C21H19ClN8O2/c22-13-3-1-2-12(9-13)21(6-7-21)29-18-26-16-11(8-15-17(31)27-20(32)25-15)10-23-30(16)19(28-18)24-14-4-5-14/h1-3,8-10,14,31H,4-7H2,(H,24,28,29)(H2,25,27,32). The Morgan fingerprint density at radius 2 is 2.12 bits per heavy atom. The Labute approximate surface area is 185 Å². The van der Waals surface area contributed by atoms with Gasteiger partial charge in [-0.15, -0.1) is 0 Å². The third kappa shape index (κ3) is 3.42. The molecule has 0 spiro atoms. The number of aromatic hydroxyl groups is 1. The van der Waals surface area contributed by atoms with Crippen LogP contribution in [-0.2, 0) is 5.54 Å². The summed E-state index contributed by atoms with van der Waals surface area (Å²) in [5, 5.41) is 19.1. The predicted octanol–water partition coefficient (Wildman–Crippen LogP) is 1.21. The molecule has 11 heteroatoms. The largest absolute Gasteiger partial charge is 0.493 e. The summed E-state index contributed by atoms with van der Waals surface area (Å²) in [4.78, 5) is 30.4. The predicted molar refractivity (Wildman–Crippen MR) is 117 cm³/mol. The minimum absolute atomic E-state index is 0.241. The van der Waals surface area contributed by atoms with Crippen molar-refractivity contribution in [1.29, 1.82) is 0 Å². The van der Waals surface area contributed by atoms with E-state index in [-0.39, 0.29) is 23.2 Å². The average Bonchev–Trinajstić information content (AvgIpc) is 3.66. The molecule has 0 aliphatic heterocycles. The van der Waals surface area contributed by atoms with Crippen molar-refractivity contribution in [3.63, 3.8) is 0 Å². The van der Waals surface area contributed by atoms with Crippen molar-refractivity contribution in [3.05, 3.63) is 68.1 Å². The molecular formula is C21H19ClN8O2. The molecule has 0 atom stereocenters. The van der Waals surface area contributed by atoms with Gasteiger partial charge in [-0.2, -0.15) is 19.6 Å². The zero-order chi connectivity index (χ0) is 21.9. The highest BCUT2D eigenvalue weighted by Crippen LogP contribution is 2.48. The molecule has 1 aromatic carbocycles. The van der Waals surface area contributed by atoms with Crippen LogP contribution in [0.3, 0.4) is 0 Å². The molecule has 0 bridgehead atoms. The van der Waals surface area contributed by atoms with Crippen LogP contribution in [0.2, 0.25) is 5.02 Å². The van der Waals surface area contributed by atoms with Crippen molar-refractivity contribution < 1.29 is 5.11 Å². The van der Waals surface area contributed by atoms with E-state index < -0.39 is 5.69 Å². The number of imidazole rings is 1. The Hall–Kier alpha value is -3.66. The molecule has 0 saturated heterocycles. The van der Waals surface area contributed by atoms with Gasteiger partial charge in [0.05, 0.1) is 17.8 Å². The van der Waals surface area contributed by atoms with E-state index in [0.717, 1.165) is 31.2 Å². The molecule has 3 heterocycles. The van der Waals surface area contributed by atoms with Gasteiger partial charge in [0.15, 0.2) is 5.65 Å². The molecule has 2 aliphatic carbocycles. The molecule has 32 heavy (non-hydrogen) atoms. The second-order valence-electron chi connectivity index (χ2n) is 8.25. The molecule has 6 rings (SSSR count). The number of hydrogen-bond acceptors (Lipinski definition) is 7. The number of H-pyrrole nitrogens is 2. The van der Waals surface area contributed by atoms with Crippen LogP contribution in [0.15, 0.2) is 40.2 Å². The van der Waals surface area contributed by atoms with Gasteiger partial charge in [-0.05, 0) is 49.5 Å². The minimum Gasteiger partial charge on any atom is -0.493 e. The number of benzene rings is 1. The maximum Gasteiger partial charge on any atom is 0.326 e. The Morgan fingerprint density at radius 1 is 1.28 bits per heavy atom. The summed E-state index contributed by atoms with van der Waals surface area (Å²) in [6, 6.07) is 8.03. The number of hydrogen-bond donors (Lipinski definition) is 4. The molecule has 4 aromatic rings. The Balaban J connectivity index is 1.49. The number of fused-ring (bicyclic) bond motifs is 1. The van der Waals surface area contributed by atoms with Crippen LogP contribution in [0.4, 0.5) is 5.95 Å². The van der Waals surface area contributed by atoms with E-state index in [4.69, 9.17) is 21.6 Å². The summed E-state index contributed by atoms with van der Waals surface area (Å²) >= 11 is 6.21. The summed E-state index contributed by atoms with van der Waals surface area (Å²) in [5.41, 5.74) is 1.55. The van der Waals surface area contributed by atoms with E-state index in [0.29, 0.717) is 27.5 Å². The van der Waals surface area contributed by atoms with Gasteiger partial charge < -0.3 is 15.4 Å². The lowest BCUT2D eigenvalue weighted by molar-refractivity contribution is 0.454. The molecule has 2 fully saturated rings. The fourth-order valence-corrected chi connectivity index (χ4v) is 3.94. The minimum atomic E-state index is -0.496. The van der Waals surface area contributed by atoms with Crippen LogP contribution in [0.1, 0.15) is 36.9 Å². The third-order valence-electron chi connectivity index (χ3n) is 5.74. The number of halogens is 1. The van der Waals surface area contributed by atoms with E-state index in [9.17, 15) is 9.90 Å². The normalized spacial score (nSPS) is 18.4. The van der Waals surface area contributed by atoms with Crippen molar-refractivity contribution in [2.45, 2.75) is 37.3 Å². The highest BCUT2D eigenvalue weighted by Gasteiger charge is 2.45. The molecule has 0 unspecified atom stereocenters. The van der Waals surface area contributed by atoms with E-state index >= 15 is 0 Å². The zero-order valence-corrected chi connectivity index (χ0v) is 17.6. The second kappa shape index (κ2) is 6.92. The lowest BCUT2D eigenvalue weighted by Crippen LogP contribution is -2.28. The van der Waals surface area contributed by atoms with Crippen LogP contribution >= 0.6 is 11.6 Å². The summed E-state index contributed by atoms with van der Waals surface area (Å²) in [5.74, 6) is 0.193. The SMILES string of the molecule is O=c1[nH]c(O)c(C=c2cnn3c(=NC4CC4)nc(NC4(c5cccc(Cl)c5)CC4)nc23)[nH]1. The van der Waals surface area contributed by atoms with Crippen LogP contribution in [-0.4, -0.2) is 40.7 Å². The first kappa shape index (κ1) is 19.1. The lowest BCUT2D eigenvalue weighted by Gasteiger charge is -2.18. The lowest BCUT2D eigenvalue weighted by atomic mass is 10.1. The van der Waals surface area contributed by atoms with Gasteiger partial charge in [0, 0.05) is 10.2 Å². The molecular weight excluding hydrogens is 432 g/mol. The first-order chi connectivity index (χ1) is 15.5. The van der Waals surface area contributed by atoms with Gasteiger partial charge in [0.1, 0.15) is 5.69 Å². The van der Waals surface area contributed by atoms with Gasteiger partial charge in [-0.3, -0.25) is 4.98 Å². The maximum atomic E-state index is 11.5. The molecule has 2 aliphatic rings. The molecule has 3 aromatic heterocycles. The first-order valence-electron chi connectivity index (χ1n) is 10.4. The molecule has 10 nitrogen and oxygen atoms in total. The van der Waals surface area contributed by atoms with Gasteiger partial charge >= 0.3 is 5.69 Å². The Morgan fingerprint density at radius 3 is 2.81 bits per heavy atom. The molecule has 0 amide bonds. The summed E-state index contributed by atoms with van der Waals surface area (Å²) < 4.78 is 1.58. The maximum absolute atomic E-state index is 11.5. The van der Waals surface area contributed by atoms with Gasteiger partial charge in [0.25, 0.3) is 5.62 Å². The summed E-state index contributed by atoms with van der Waals surface area (Å²) in [7, 11) is 0. The fraction of sp³-hybridized carbons (Fsp3) is 0.286. The zero-order valence-electron chi connectivity index (χ0n) is 16.8. The van der Waals surface area contributed by atoms with Crippen molar-refractivity contribution in [2.24, 2.45) is 4.99 Å². The van der Waals surface area contributed by atoms with Crippen LogP contribution in [0.25, 0.3) is 11.7 Å². The van der Waals surface area contributed by atoms with Gasteiger partial charge in [0.2, 0.25) is 11.8 Å². The van der Waals surface area contributed by atoms with Crippen LogP contribution in [0.5, 0.6) is 5.88 Å². The number of nitrogens with one attached hydrogen (secondary N) is 3. The summed E-state index contributed by atoms with van der Waals surface area (Å²) in [6.07, 6.45) is 7.14. The number of rotatable bonds is 5. The monoisotopic (exact) mass is 450 g/mol. The number of aromatic nitrogens is 6. The molecule has 4 N–H and O–H groups in total. The highest BCUT2D eigenvalue weighted by atomic mass is 35.5. The topological polar surface area (TPSA) is 136 Å². The number of aromatic amines is 2. The number of nitrogens with zero attached hydrogens (tertiary/aromatic N) is 5. The van der Waals surface area contributed by atoms with Gasteiger partial charge in [-0.25, -0.2) is 9.79 Å². The number of anilines is 1. The van der Waals surface area contributed by atoms with Crippen LogP contribution < -0.4 is 21.8 Å². The van der Waals surface area contributed by atoms with Crippen molar-refractivity contribution in [3.8, 4) is 5.88 Å². The smallest absolute Gasteiger partial charge is 0.326 e. The molecule has 162 valence electrons. The van der Waals surface area contributed by atoms with Crippen molar-refractivity contribution >= 4 is 29.3 Å². The third-order valence-corrected chi connectivity index (χ3v) is 5.97. The van der Waals surface area contributed by atoms with E-state index in [2.05, 4.69) is 25.4 Å². The molecule has 0 radical (unpaired) electrons.